The fraction of sp³-hybridized carbons (Fsp3) is 0.500. The molecule has 0 aromatic carbocycles. The summed E-state index contributed by atoms with van der Waals surface area (Å²) in [5, 5.41) is 7.42. The Kier molecular flexibility index (Phi) is 129. The first-order valence-corrected chi connectivity index (χ1v) is 0.928. The van der Waals surface area contributed by atoms with Crippen molar-refractivity contribution in [1.82, 2.24) is 0 Å². The second-order valence-electron chi connectivity index (χ2n) is 0.519. The van der Waals surface area contributed by atoms with Crippen LogP contribution in [-0.2, 0) is 44.4 Å². The Morgan fingerprint density at radius 3 is 1.50 bits per heavy atom. The average molecular weight is 204 g/mol. The van der Waals surface area contributed by atoms with Gasteiger partial charge in [0.05, 0.1) is 0 Å². The number of hydrogen-bond acceptors (Lipinski definition) is 1. The van der Waals surface area contributed by atoms with Gasteiger partial charge in [-0.15, -0.1) is 0 Å². The van der Waals surface area contributed by atoms with Gasteiger partial charge in [0, 0.05) is 24.0 Å². The van der Waals surface area contributed by atoms with Gasteiger partial charge in [-0.3, -0.25) is 4.79 Å². The Labute approximate surface area is 68.2 Å². The largest absolute Gasteiger partial charge is 3.00 e. The van der Waals surface area contributed by atoms with Crippen molar-refractivity contribution in [3.63, 3.8) is 0 Å². The van der Waals surface area contributed by atoms with Crippen molar-refractivity contribution in [2.75, 3.05) is 0 Å². The molecule has 0 amide bonds. The summed E-state index contributed by atoms with van der Waals surface area (Å²) in [4.78, 5) is 9.00. The van der Waals surface area contributed by atoms with Crippen molar-refractivity contribution < 1.29 is 55.0 Å². The fourth-order valence-corrected chi connectivity index (χ4v) is 0. The van der Waals surface area contributed by atoms with Crippen LogP contribution < -0.4 is 0 Å². The summed E-state index contributed by atoms with van der Waals surface area (Å²) < 4.78 is 0. The van der Waals surface area contributed by atoms with Gasteiger partial charge in [-0.05, 0) is 0 Å². The van der Waals surface area contributed by atoms with Crippen LogP contribution in [0.1, 0.15) is 6.92 Å². The molecule has 8 heavy (non-hydrogen) atoms. The predicted octanol–water partition coefficient (Wildman–Crippen LogP) is -0.858. The van der Waals surface area contributed by atoms with Crippen LogP contribution in [0.4, 0.5) is 0 Å². The molecule has 0 spiro atoms. The zero-order valence-corrected chi connectivity index (χ0v) is 6.38. The molecule has 0 unspecified atom stereocenters. The summed E-state index contributed by atoms with van der Waals surface area (Å²) in [6, 6.07) is 0. The van der Waals surface area contributed by atoms with E-state index in [-0.39, 0.29) is 45.1 Å². The molecule has 0 aromatic heterocycles. The van der Waals surface area contributed by atoms with Gasteiger partial charge in [-0.2, -0.15) is 0 Å². The van der Waals surface area contributed by atoms with Crippen molar-refractivity contribution >= 4 is 5.97 Å². The summed E-state index contributed by atoms with van der Waals surface area (Å²) in [5.41, 5.74) is 0. The SMILES string of the molecule is CC(=O)O.O.[Mn+3].[Mn].[O-2]. The molecule has 51 valence electrons. The Bertz CT molecular complexity index is 35.0. The van der Waals surface area contributed by atoms with E-state index in [1.54, 1.807) is 0 Å². The van der Waals surface area contributed by atoms with Gasteiger partial charge in [0.2, 0.25) is 0 Å². The predicted molar refractivity (Wildman–Crippen MR) is 17.6 cm³/mol. The van der Waals surface area contributed by atoms with Gasteiger partial charge in [0.25, 0.3) is 5.97 Å². The van der Waals surface area contributed by atoms with Crippen LogP contribution in [0.25, 0.3) is 0 Å². The molecule has 0 aliphatic heterocycles. The van der Waals surface area contributed by atoms with Crippen LogP contribution in [0.5, 0.6) is 0 Å². The Morgan fingerprint density at radius 2 is 1.50 bits per heavy atom. The van der Waals surface area contributed by atoms with E-state index >= 15 is 0 Å². The molecule has 0 aliphatic rings. The molecule has 1 radical (unpaired) electrons. The van der Waals surface area contributed by atoms with E-state index in [0.717, 1.165) is 6.92 Å². The molecule has 0 aromatic rings. The van der Waals surface area contributed by atoms with E-state index in [2.05, 4.69) is 0 Å². The van der Waals surface area contributed by atoms with E-state index in [1.165, 1.54) is 0 Å². The summed E-state index contributed by atoms with van der Waals surface area (Å²) in [6.07, 6.45) is 0. The second-order valence-corrected chi connectivity index (χ2v) is 0.519. The molecule has 0 fully saturated rings. The van der Waals surface area contributed by atoms with Crippen LogP contribution in [0.2, 0.25) is 0 Å². The quantitative estimate of drug-likeness (QED) is 0.519. The topological polar surface area (TPSA) is 97.3 Å². The van der Waals surface area contributed by atoms with Gasteiger partial charge < -0.3 is 16.1 Å². The first-order valence-electron chi connectivity index (χ1n) is 0.928. The van der Waals surface area contributed by atoms with Crippen LogP contribution in [-0.4, -0.2) is 16.6 Å². The van der Waals surface area contributed by atoms with Gasteiger partial charge in [-0.25, -0.2) is 0 Å². The van der Waals surface area contributed by atoms with Gasteiger partial charge in [0.1, 0.15) is 0 Å². The van der Waals surface area contributed by atoms with E-state index in [9.17, 15) is 0 Å². The number of hydrogen-bond donors (Lipinski definition) is 1. The molecule has 0 bridgehead atoms. The molecule has 3 N–H and O–H groups in total. The molecule has 4 nitrogen and oxygen atoms in total. The normalized spacial score (nSPS) is 3.12. The van der Waals surface area contributed by atoms with Crippen molar-refractivity contribution in [3.8, 4) is 0 Å². The van der Waals surface area contributed by atoms with Crippen molar-refractivity contribution in [2.24, 2.45) is 0 Å². The summed E-state index contributed by atoms with van der Waals surface area (Å²) in [6.45, 7) is 1.08. The van der Waals surface area contributed by atoms with Crippen molar-refractivity contribution in [3.05, 3.63) is 0 Å². The second kappa shape index (κ2) is 26.1. The molecule has 0 atom stereocenters. The summed E-state index contributed by atoms with van der Waals surface area (Å²) in [7, 11) is 0. The van der Waals surface area contributed by atoms with E-state index in [1.807, 2.05) is 0 Å². The number of carboxylic acid groups (broad SMARTS) is 1. The van der Waals surface area contributed by atoms with Crippen LogP contribution >= 0.6 is 0 Å². The summed E-state index contributed by atoms with van der Waals surface area (Å²) in [5.74, 6) is -0.833. The van der Waals surface area contributed by atoms with Gasteiger partial charge in [-0.1, -0.05) is 0 Å². The third-order valence-corrected chi connectivity index (χ3v) is 0. The zero-order valence-electron chi connectivity index (χ0n) is 4.02. The standard InChI is InChI=1S/C2H4O2.2Mn.H2O.O/c1-2(3)4;;;;/h1H3,(H,3,4);;;1H2;/q;;+3;;-2. The van der Waals surface area contributed by atoms with Gasteiger partial charge in [0.15, 0.2) is 0 Å². The Hall–Kier alpha value is 0.429. The Balaban J connectivity index is -0.00000000750. The molecular formula is C2H6Mn2O4+. The van der Waals surface area contributed by atoms with E-state index in [0.29, 0.717) is 0 Å². The first kappa shape index (κ1) is 39.6. The fourth-order valence-electron chi connectivity index (χ4n) is 0. The van der Waals surface area contributed by atoms with Gasteiger partial charge >= 0.3 is 17.1 Å². The molecule has 0 rings (SSSR count). The van der Waals surface area contributed by atoms with Crippen molar-refractivity contribution in [2.45, 2.75) is 6.92 Å². The van der Waals surface area contributed by atoms with E-state index in [4.69, 9.17) is 9.90 Å². The molecule has 0 saturated carbocycles. The number of rotatable bonds is 0. The molecule has 6 heteroatoms. The number of carbonyl (C=O) groups is 1. The average Bonchev–Trinajstić information content (AvgIpc) is 0.811. The smallest absolute Gasteiger partial charge is 2.00 e. The first-order chi connectivity index (χ1) is 1.73. The maximum Gasteiger partial charge on any atom is 3.00 e. The van der Waals surface area contributed by atoms with Crippen LogP contribution in [0, 0.1) is 0 Å². The Morgan fingerprint density at radius 1 is 1.50 bits per heavy atom. The summed E-state index contributed by atoms with van der Waals surface area (Å²) >= 11 is 0. The zero-order chi connectivity index (χ0) is 3.58. The molecular weight excluding hydrogens is 198 g/mol. The monoisotopic (exact) mass is 204 g/mol. The minimum absolute atomic E-state index is 0. The van der Waals surface area contributed by atoms with Crippen LogP contribution in [0.3, 0.4) is 0 Å². The van der Waals surface area contributed by atoms with Crippen LogP contribution in [0.15, 0.2) is 0 Å². The molecule has 0 aliphatic carbocycles. The molecule has 0 saturated heterocycles. The number of aliphatic carboxylic acids is 1. The maximum absolute atomic E-state index is 9.00. The number of carboxylic acids is 1. The maximum atomic E-state index is 9.00. The minimum Gasteiger partial charge on any atom is -2.00 e. The molecule has 0 heterocycles. The van der Waals surface area contributed by atoms with E-state index < -0.39 is 5.97 Å². The third-order valence-electron chi connectivity index (χ3n) is 0. The minimum atomic E-state index is -0.833. The van der Waals surface area contributed by atoms with Crippen molar-refractivity contribution in [1.29, 1.82) is 0 Å². The third kappa shape index (κ3) is 1030.